The van der Waals surface area contributed by atoms with Crippen molar-refractivity contribution in [1.82, 2.24) is 20.4 Å². The molecule has 160 valence electrons. The fourth-order valence-electron chi connectivity index (χ4n) is 4.36. The number of fused-ring (bicyclic) bond motifs is 1. The van der Waals surface area contributed by atoms with Crippen molar-refractivity contribution in [2.45, 2.75) is 45.6 Å². The zero-order valence-corrected chi connectivity index (χ0v) is 18.1. The highest BCUT2D eigenvalue weighted by Crippen LogP contribution is 2.21. The molecule has 1 aromatic carbocycles. The van der Waals surface area contributed by atoms with Gasteiger partial charge < -0.3 is 15.5 Å². The van der Waals surface area contributed by atoms with E-state index in [9.17, 15) is 4.79 Å². The Morgan fingerprint density at radius 3 is 2.66 bits per heavy atom. The molecule has 29 heavy (non-hydrogen) atoms. The van der Waals surface area contributed by atoms with Gasteiger partial charge in [-0.05, 0) is 49.7 Å². The number of rotatable bonds is 7. The maximum Gasteiger partial charge on any atom is 0.220 e. The number of likely N-dealkylation sites (tertiary alicyclic amines) is 1. The molecule has 6 heteroatoms. The van der Waals surface area contributed by atoms with Crippen molar-refractivity contribution in [3.05, 3.63) is 35.4 Å². The van der Waals surface area contributed by atoms with Crippen LogP contribution in [0.2, 0.25) is 0 Å². The van der Waals surface area contributed by atoms with E-state index in [2.05, 4.69) is 51.6 Å². The minimum atomic E-state index is 0.157. The number of piperidine rings is 1. The molecule has 2 N–H and O–H groups in total. The molecule has 1 fully saturated rings. The summed E-state index contributed by atoms with van der Waals surface area (Å²) < 4.78 is 0. The molecule has 0 bridgehead atoms. The van der Waals surface area contributed by atoms with Crippen molar-refractivity contribution in [3.8, 4) is 0 Å². The van der Waals surface area contributed by atoms with Gasteiger partial charge in [0.25, 0.3) is 0 Å². The number of nitrogens with zero attached hydrogens (tertiary/aromatic N) is 3. The third-order valence-corrected chi connectivity index (χ3v) is 6.11. The number of guanidine groups is 1. The van der Waals surface area contributed by atoms with Gasteiger partial charge in [-0.2, -0.15) is 0 Å². The van der Waals surface area contributed by atoms with Crippen LogP contribution < -0.4 is 10.6 Å². The minimum absolute atomic E-state index is 0.157. The third kappa shape index (κ3) is 6.46. The summed E-state index contributed by atoms with van der Waals surface area (Å²) in [5.41, 5.74) is 2.99. The molecule has 0 atom stereocenters. The lowest BCUT2D eigenvalue weighted by Gasteiger charge is -2.34. The molecule has 6 nitrogen and oxygen atoms in total. The predicted octanol–water partition coefficient (Wildman–Crippen LogP) is 2.25. The first-order valence-electron chi connectivity index (χ1n) is 11.2. The number of amides is 1. The molecule has 0 radical (unpaired) electrons. The Bertz CT molecular complexity index is 682. The van der Waals surface area contributed by atoms with Crippen LogP contribution in [0.3, 0.4) is 0 Å². The van der Waals surface area contributed by atoms with E-state index in [1.165, 1.54) is 11.1 Å². The molecular formula is C23H37N5O. The molecule has 0 unspecified atom stereocenters. The second-order valence-electron chi connectivity index (χ2n) is 8.19. The van der Waals surface area contributed by atoms with Gasteiger partial charge in [0, 0.05) is 59.3 Å². The van der Waals surface area contributed by atoms with Crippen LogP contribution in [0.1, 0.15) is 43.7 Å². The number of aliphatic imine (C=N–C) groups is 1. The normalized spacial score (nSPS) is 18.4. The highest BCUT2D eigenvalue weighted by Gasteiger charge is 2.23. The van der Waals surface area contributed by atoms with E-state index in [1.54, 1.807) is 7.05 Å². The fraction of sp³-hybridized carbons (Fsp3) is 0.652. The fourth-order valence-corrected chi connectivity index (χ4v) is 4.36. The Labute approximate surface area is 175 Å². The summed E-state index contributed by atoms with van der Waals surface area (Å²) in [6.45, 7) is 9.16. The predicted molar refractivity (Wildman–Crippen MR) is 119 cm³/mol. The molecule has 1 amide bonds. The number of carbonyl (C=O) groups is 1. The lowest BCUT2D eigenvalue weighted by Crippen LogP contribution is -2.46. The molecule has 2 aliphatic rings. The summed E-state index contributed by atoms with van der Waals surface area (Å²) in [5, 5.41) is 6.19. The molecule has 0 aliphatic carbocycles. The zero-order chi connectivity index (χ0) is 20.5. The molecule has 2 heterocycles. The van der Waals surface area contributed by atoms with E-state index in [0.717, 1.165) is 77.5 Å². The van der Waals surface area contributed by atoms with Gasteiger partial charge in [0.1, 0.15) is 0 Å². The second kappa shape index (κ2) is 11.2. The van der Waals surface area contributed by atoms with Crippen LogP contribution in [-0.4, -0.2) is 68.0 Å². The highest BCUT2D eigenvalue weighted by molar-refractivity contribution is 5.80. The summed E-state index contributed by atoms with van der Waals surface area (Å²) in [4.78, 5) is 21.4. The Kier molecular flexibility index (Phi) is 8.35. The first-order valence-corrected chi connectivity index (χ1v) is 11.2. The average Bonchev–Trinajstić information content (AvgIpc) is 2.76. The maximum absolute atomic E-state index is 11.6. The van der Waals surface area contributed by atoms with E-state index in [0.29, 0.717) is 12.3 Å². The van der Waals surface area contributed by atoms with Crippen LogP contribution in [-0.2, 0) is 17.8 Å². The quantitative estimate of drug-likeness (QED) is 0.419. The largest absolute Gasteiger partial charge is 0.359 e. The summed E-state index contributed by atoms with van der Waals surface area (Å²) in [5.74, 6) is 1.69. The van der Waals surface area contributed by atoms with Gasteiger partial charge in [0.05, 0.1) is 0 Å². The number of hydrogen-bond acceptors (Lipinski definition) is 3. The molecule has 1 saturated heterocycles. The zero-order valence-electron chi connectivity index (χ0n) is 18.1. The summed E-state index contributed by atoms with van der Waals surface area (Å²) in [6, 6.07) is 8.81. The van der Waals surface area contributed by atoms with Crippen LogP contribution in [0.15, 0.2) is 29.3 Å². The Morgan fingerprint density at radius 1 is 1.17 bits per heavy atom. The second-order valence-corrected chi connectivity index (χ2v) is 8.19. The van der Waals surface area contributed by atoms with E-state index >= 15 is 0 Å². The molecule has 1 aromatic rings. The van der Waals surface area contributed by atoms with Crippen LogP contribution in [0.25, 0.3) is 0 Å². The number of carbonyl (C=O) groups excluding carboxylic acids is 1. The van der Waals surface area contributed by atoms with Gasteiger partial charge in [-0.3, -0.25) is 14.7 Å². The van der Waals surface area contributed by atoms with E-state index < -0.39 is 0 Å². The first-order chi connectivity index (χ1) is 14.2. The molecule has 0 aromatic heterocycles. The standard InChI is InChI=1S/C23H37N5O/c1-3-25-23(28-15-9-19(10-16-28)17-22(29)24-2)26-12-6-13-27-14-11-20-7-4-5-8-21(20)18-27/h4-5,7-8,19H,3,6,9-18H2,1-2H3,(H,24,29)(H,25,26). The van der Waals surface area contributed by atoms with Crippen LogP contribution in [0.5, 0.6) is 0 Å². The third-order valence-electron chi connectivity index (χ3n) is 6.11. The van der Waals surface area contributed by atoms with Gasteiger partial charge in [-0.25, -0.2) is 0 Å². The smallest absolute Gasteiger partial charge is 0.220 e. The van der Waals surface area contributed by atoms with Crippen LogP contribution in [0.4, 0.5) is 0 Å². The van der Waals surface area contributed by atoms with Gasteiger partial charge >= 0.3 is 0 Å². The van der Waals surface area contributed by atoms with Crippen molar-refractivity contribution >= 4 is 11.9 Å². The van der Waals surface area contributed by atoms with Crippen molar-refractivity contribution < 1.29 is 4.79 Å². The number of nitrogens with one attached hydrogen (secondary N) is 2. The highest BCUT2D eigenvalue weighted by atomic mass is 16.1. The maximum atomic E-state index is 11.6. The molecular weight excluding hydrogens is 362 g/mol. The average molecular weight is 400 g/mol. The van der Waals surface area contributed by atoms with Gasteiger partial charge in [-0.1, -0.05) is 24.3 Å². The lowest BCUT2D eigenvalue weighted by molar-refractivity contribution is -0.121. The van der Waals surface area contributed by atoms with E-state index in [4.69, 9.17) is 4.99 Å². The molecule has 3 rings (SSSR count). The van der Waals surface area contributed by atoms with Crippen LogP contribution in [0, 0.1) is 5.92 Å². The monoisotopic (exact) mass is 399 g/mol. The Balaban J connectivity index is 1.42. The Hall–Kier alpha value is -2.08. The van der Waals surface area contributed by atoms with Gasteiger partial charge in [-0.15, -0.1) is 0 Å². The van der Waals surface area contributed by atoms with Gasteiger partial charge in [0.2, 0.25) is 5.91 Å². The van der Waals surface area contributed by atoms with Crippen molar-refractivity contribution in [2.75, 3.05) is 46.3 Å². The topological polar surface area (TPSA) is 60.0 Å². The van der Waals surface area contributed by atoms with Crippen molar-refractivity contribution in [2.24, 2.45) is 10.9 Å². The Morgan fingerprint density at radius 2 is 1.93 bits per heavy atom. The van der Waals surface area contributed by atoms with E-state index in [1.807, 2.05) is 0 Å². The van der Waals surface area contributed by atoms with Crippen molar-refractivity contribution in [1.29, 1.82) is 0 Å². The molecule has 0 spiro atoms. The SMILES string of the molecule is CCNC(=NCCCN1CCc2ccccc2C1)N1CCC(CC(=O)NC)CC1. The van der Waals surface area contributed by atoms with Crippen LogP contribution >= 0.6 is 0 Å². The van der Waals surface area contributed by atoms with E-state index in [-0.39, 0.29) is 5.91 Å². The lowest BCUT2D eigenvalue weighted by atomic mass is 9.93. The summed E-state index contributed by atoms with van der Waals surface area (Å²) in [7, 11) is 1.72. The summed E-state index contributed by atoms with van der Waals surface area (Å²) >= 11 is 0. The summed E-state index contributed by atoms with van der Waals surface area (Å²) in [6.07, 6.45) is 5.02. The minimum Gasteiger partial charge on any atom is -0.359 e. The molecule has 2 aliphatic heterocycles. The molecule has 0 saturated carbocycles. The van der Waals surface area contributed by atoms with Gasteiger partial charge in [0.15, 0.2) is 5.96 Å². The number of hydrogen-bond donors (Lipinski definition) is 2. The first kappa shape index (κ1) is 21.6. The van der Waals surface area contributed by atoms with Crippen molar-refractivity contribution in [3.63, 3.8) is 0 Å². The number of benzene rings is 1.